The lowest BCUT2D eigenvalue weighted by molar-refractivity contribution is 0.200. The predicted octanol–water partition coefficient (Wildman–Crippen LogP) is 2.46. The molecule has 0 fully saturated rings. The van der Waals surface area contributed by atoms with Gasteiger partial charge in [0.1, 0.15) is 12.2 Å². The largest absolute Gasteiger partial charge is 0.338 e. The van der Waals surface area contributed by atoms with E-state index in [4.69, 9.17) is 4.52 Å². The van der Waals surface area contributed by atoms with Crippen LogP contribution < -0.4 is 5.32 Å². The number of fused-ring (bicyclic) bond motifs is 1. The van der Waals surface area contributed by atoms with Gasteiger partial charge in [0.25, 0.3) is 0 Å². The minimum absolute atomic E-state index is 0.184. The molecule has 9 heteroatoms. The molecule has 0 radical (unpaired) electrons. The van der Waals surface area contributed by atoms with E-state index in [9.17, 15) is 4.79 Å². The lowest BCUT2D eigenvalue weighted by Gasteiger charge is -2.15. The second-order valence-electron chi connectivity index (χ2n) is 6.40. The quantitative estimate of drug-likeness (QED) is 0.701. The number of thiazole rings is 1. The molecule has 0 unspecified atom stereocenters. The molecular formula is C18H20N6O2S. The Hall–Kier alpha value is -2.81. The van der Waals surface area contributed by atoms with Crippen molar-refractivity contribution in [2.75, 3.05) is 13.6 Å². The van der Waals surface area contributed by atoms with Crippen LogP contribution in [0.5, 0.6) is 0 Å². The molecule has 4 rings (SSSR count). The van der Waals surface area contributed by atoms with E-state index in [1.165, 1.54) is 21.9 Å². The predicted molar refractivity (Wildman–Crippen MR) is 100 cm³/mol. The van der Waals surface area contributed by atoms with Crippen LogP contribution in [0.15, 0.2) is 28.9 Å². The van der Waals surface area contributed by atoms with Gasteiger partial charge >= 0.3 is 6.03 Å². The summed E-state index contributed by atoms with van der Waals surface area (Å²) in [7, 11) is 1.69. The number of carbonyl (C=O) groups is 1. The molecule has 0 bridgehead atoms. The third kappa shape index (κ3) is 4.13. The van der Waals surface area contributed by atoms with Gasteiger partial charge in [0.15, 0.2) is 0 Å². The number of nitrogens with zero attached hydrogens (tertiary/aromatic N) is 5. The van der Waals surface area contributed by atoms with Crippen LogP contribution in [-0.4, -0.2) is 44.6 Å². The van der Waals surface area contributed by atoms with Gasteiger partial charge in [-0.2, -0.15) is 4.98 Å². The minimum atomic E-state index is -0.184. The molecule has 140 valence electrons. The van der Waals surface area contributed by atoms with Gasteiger partial charge in [0, 0.05) is 31.1 Å². The molecule has 0 saturated carbocycles. The average molecular weight is 384 g/mol. The maximum absolute atomic E-state index is 12.2. The number of urea groups is 1. The highest BCUT2D eigenvalue weighted by Crippen LogP contribution is 2.27. The number of rotatable bonds is 6. The van der Waals surface area contributed by atoms with Crippen LogP contribution in [0.2, 0.25) is 0 Å². The summed E-state index contributed by atoms with van der Waals surface area (Å²) in [5.41, 5.74) is 1.88. The van der Waals surface area contributed by atoms with Gasteiger partial charge in [0.05, 0.1) is 10.7 Å². The first-order valence-electron chi connectivity index (χ1n) is 8.89. The Morgan fingerprint density at radius 3 is 3.07 bits per heavy atom. The van der Waals surface area contributed by atoms with Crippen LogP contribution >= 0.6 is 11.3 Å². The van der Waals surface area contributed by atoms with Gasteiger partial charge in [-0.1, -0.05) is 11.2 Å². The van der Waals surface area contributed by atoms with Gasteiger partial charge in [-0.15, -0.1) is 11.3 Å². The van der Waals surface area contributed by atoms with Crippen LogP contribution in [0.4, 0.5) is 4.79 Å². The molecule has 2 amide bonds. The third-order valence-electron chi connectivity index (χ3n) is 4.34. The van der Waals surface area contributed by atoms with Gasteiger partial charge < -0.3 is 14.7 Å². The number of pyridine rings is 1. The average Bonchev–Trinajstić information content (AvgIpc) is 3.38. The molecule has 1 aliphatic carbocycles. The maximum atomic E-state index is 12.2. The zero-order chi connectivity index (χ0) is 18.6. The SMILES string of the molecule is CN(Cc1nc(-c2ccccn2)no1)C(=O)NCCc1nc2c(s1)CCC2. The third-order valence-corrected chi connectivity index (χ3v) is 5.55. The summed E-state index contributed by atoms with van der Waals surface area (Å²) in [4.78, 5) is 28.3. The van der Waals surface area contributed by atoms with Crippen LogP contribution in [0.3, 0.4) is 0 Å². The maximum Gasteiger partial charge on any atom is 0.317 e. The molecule has 1 aliphatic rings. The molecule has 3 aromatic rings. The van der Waals surface area contributed by atoms with E-state index < -0.39 is 0 Å². The molecule has 27 heavy (non-hydrogen) atoms. The Morgan fingerprint density at radius 2 is 2.26 bits per heavy atom. The molecule has 0 aliphatic heterocycles. The fourth-order valence-corrected chi connectivity index (χ4v) is 4.11. The summed E-state index contributed by atoms with van der Waals surface area (Å²) in [5.74, 6) is 0.779. The molecule has 0 saturated heterocycles. The van der Waals surface area contributed by atoms with Crippen molar-refractivity contribution in [3.8, 4) is 11.5 Å². The molecule has 0 atom stereocenters. The van der Waals surface area contributed by atoms with Crippen molar-refractivity contribution in [2.24, 2.45) is 0 Å². The fraction of sp³-hybridized carbons (Fsp3) is 0.389. The number of aromatic nitrogens is 4. The number of nitrogens with one attached hydrogen (secondary N) is 1. The zero-order valence-corrected chi connectivity index (χ0v) is 15.8. The molecule has 0 aromatic carbocycles. The van der Waals surface area contributed by atoms with Crippen molar-refractivity contribution in [1.29, 1.82) is 0 Å². The molecule has 1 N–H and O–H groups in total. The summed E-state index contributed by atoms with van der Waals surface area (Å²) in [6.07, 6.45) is 5.87. The van der Waals surface area contributed by atoms with Crippen molar-refractivity contribution < 1.29 is 9.32 Å². The Labute approximate surface area is 160 Å². The summed E-state index contributed by atoms with van der Waals surface area (Å²) >= 11 is 1.77. The second kappa shape index (κ2) is 7.83. The van der Waals surface area contributed by atoms with E-state index >= 15 is 0 Å². The Balaban J connectivity index is 1.26. The lowest BCUT2D eigenvalue weighted by Crippen LogP contribution is -2.37. The number of aryl methyl sites for hydroxylation is 2. The smallest absolute Gasteiger partial charge is 0.317 e. The van der Waals surface area contributed by atoms with Gasteiger partial charge in [-0.25, -0.2) is 9.78 Å². The van der Waals surface area contributed by atoms with Crippen molar-refractivity contribution in [3.05, 3.63) is 45.9 Å². The van der Waals surface area contributed by atoms with Crippen LogP contribution in [0, 0.1) is 0 Å². The van der Waals surface area contributed by atoms with Gasteiger partial charge in [-0.3, -0.25) is 4.98 Å². The second-order valence-corrected chi connectivity index (χ2v) is 7.56. The van der Waals surface area contributed by atoms with E-state index in [-0.39, 0.29) is 12.6 Å². The fourth-order valence-electron chi connectivity index (χ4n) is 2.95. The van der Waals surface area contributed by atoms with Crippen molar-refractivity contribution in [3.63, 3.8) is 0 Å². The molecule has 3 heterocycles. The highest BCUT2D eigenvalue weighted by molar-refractivity contribution is 7.11. The highest BCUT2D eigenvalue weighted by Gasteiger charge is 2.17. The van der Waals surface area contributed by atoms with Crippen LogP contribution in [0.1, 0.15) is 27.9 Å². The first kappa shape index (κ1) is 17.6. The van der Waals surface area contributed by atoms with E-state index in [1.54, 1.807) is 30.6 Å². The molecule has 0 spiro atoms. The van der Waals surface area contributed by atoms with Crippen molar-refractivity contribution in [1.82, 2.24) is 30.3 Å². The van der Waals surface area contributed by atoms with Crippen molar-refractivity contribution >= 4 is 17.4 Å². The number of hydrogen-bond acceptors (Lipinski definition) is 7. The Kier molecular flexibility index (Phi) is 5.10. The monoisotopic (exact) mass is 384 g/mol. The molecule has 8 nitrogen and oxygen atoms in total. The van der Waals surface area contributed by atoms with Crippen molar-refractivity contribution in [2.45, 2.75) is 32.2 Å². The first-order chi connectivity index (χ1) is 13.2. The topological polar surface area (TPSA) is 97.0 Å². The minimum Gasteiger partial charge on any atom is -0.338 e. The lowest BCUT2D eigenvalue weighted by atomic mass is 10.3. The number of carbonyl (C=O) groups excluding carboxylic acids is 1. The normalized spacial score (nSPS) is 12.8. The highest BCUT2D eigenvalue weighted by atomic mass is 32.1. The van der Waals surface area contributed by atoms with E-state index in [1.807, 2.05) is 12.1 Å². The van der Waals surface area contributed by atoms with Crippen LogP contribution in [-0.2, 0) is 25.8 Å². The Bertz CT molecular complexity index is 902. The van der Waals surface area contributed by atoms with Gasteiger partial charge in [-0.05, 0) is 31.4 Å². The van der Waals surface area contributed by atoms with E-state index in [0.717, 1.165) is 24.3 Å². The summed E-state index contributed by atoms with van der Waals surface area (Å²) in [6, 6.07) is 5.30. The summed E-state index contributed by atoms with van der Waals surface area (Å²) in [6.45, 7) is 0.788. The molecular weight excluding hydrogens is 364 g/mol. The van der Waals surface area contributed by atoms with Gasteiger partial charge in [0.2, 0.25) is 11.7 Å². The zero-order valence-electron chi connectivity index (χ0n) is 15.0. The van der Waals surface area contributed by atoms with E-state index in [0.29, 0.717) is 24.0 Å². The first-order valence-corrected chi connectivity index (χ1v) is 9.71. The van der Waals surface area contributed by atoms with Crippen LogP contribution in [0.25, 0.3) is 11.5 Å². The Morgan fingerprint density at radius 1 is 1.33 bits per heavy atom. The summed E-state index contributed by atoms with van der Waals surface area (Å²) in [5, 5.41) is 7.91. The standard InChI is InChI=1S/C18H20N6O2S/c1-24(11-15-22-17(23-26-15)13-5-2-3-9-19-13)18(25)20-10-8-16-21-12-6-4-7-14(12)27-16/h2-3,5,9H,4,6-8,10-11H2,1H3,(H,20,25). The summed E-state index contributed by atoms with van der Waals surface area (Å²) < 4.78 is 5.22. The van der Waals surface area contributed by atoms with E-state index in [2.05, 4.69) is 25.4 Å². The molecule has 3 aromatic heterocycles. The number of hydrogen-bond donors (Lipinski definition) is 1. The number of amides is 2.